The van der Waals surface area contributed by atoms with Gasteiger partial charge in [-0.05, 0) is 43.5 Å². The summed E-state index contributed by atoms with van der Waals surface area (Å²) in [5.74, 6) is -0.885. The van der Waals surface area contributed by atoms with Crippen molar-refractivity contribution >= 4 is 0 Å². The highest BCUT2D eigenvalue weighted by Crippen LogP contribution is 2.31. The number of benzene rings is 1. The maximum Gasteiger partial charge on any atom is 0.159 e. The Bertz CT molecular complexity index is 450. The van der Waals surface area contributed by atoms with Gasteiger partial charge in [-0.25, -0.2) is 8.78 Å². The second-order valence-electron chi connectivity index (χ2n) is 6.02. The minimum atomic E-state index is -0.807. The maximum absolute atomic E-state index is 13.4. The van der Waals surface area contributed by atoms with Crippen molar-refractivity contribution in [3.8, 4) is 0 Å². The van der Waals surface area contributed by atoms with Gasteiger partial charge in [0.25, 0.3) is 0 Å². The zero-order valence-corrected chi connectivity index (χ0v) is 12.3. The lowest BCUT2D eigenvalue weighted by molar-refractivity contribution is 0.121. The third kappa shape index (κ3) is 3.36. The SMILES string of the molecule is CC1CCCC(N(C)C(CN)c2ccc(F)c(F)c2)C1. The minimum absolute atomic E-state index is 0.0552. The highest BCUT2D eigenvalue weighted by molar-refractivity contribution is 5.22. The minimum Gasteiger partial charge on any atom is -0.329 e. The summed E-state index contributed by atoms with van der Waals surface area (Å²) < 4.78 is 26.5. The summed E-state index contributed by atoms with van der Waals surface area (Å²) in [6.45, 7) is 2.68. The van der Waals surface area contributed by atoms with E-state index >= 15 is 0 Å². The molecule has 0 spiro atoms. The summed E-state index contributed by atoms with van der Waals surface area (Å²) in [6.07, 6.45) is 4.81. The van der Waals surface area contributed by atoms with Crippen LogP contribution in [-0.2, 0) is 0 Å². The number of nitrogens with zero attached hydrogens (tertiary/aromatic N) is 1. The molecule has 2 nitrogen and oxygen atoms in total. The summed E-state index contributed by atoms with van der Waals surface area (Å²) in [5.41, 5.74) is 6.63. The largest absolute Gasteiger partial charge is 0.329 e. The van der Waals surface area contributed by atoms with Crippen LogP contribution in [0.1, 0.15) is 44.2 Å². The number of hydrogen-bond acceptors (Lipinski definition) is 2. The number of likely N-dealkylation sites (N-methyl/N-ethyl adjacent to an activating group) is 1. The molecule has 4 heteroatoms. The van der Waals surface area contributed by atoms with E-state index in [1.165, 1.54) is 25.0 Å². The van der Waals surface area contributed by atoms with Gasteiger partial charge in [0.2, 0.25) is 0 Å². The highest BCUT2D eigenvalue weighted by atomic mass is 19.2. The van der Waals surface area contributed by atoms with E-state index < -0.39 is 11.6 Å². The van der Waals surface area contributed by atoms with Gasteiger partial charge in [-0.15, -0.1) is 0 Å². The van der Waals surface area contributed by atoms with E-state index in [9.17, 15) is 8.78 Å². The fourth-order valence-corrected chi connectivity index (χ4v) is 3.28. The van der Waals surface area contributed by atoms with Gasteiger partial charge in [-0.2, -0.15) is 0 Å². The molecule has 3 atom stereocenters. The van der Waals surface area contributed by atoms with Crippen LogP contribution in [-0.4, -0.2) is 24.5 Å². The molecule has 0 radical (unpaired) electrons. The van der Waals surface area contributed by atoms with E-state index in [0.717, 1.165) is 24.3 Å². The predicted molar refractivity (Wildman–Crippen MR) is 77.3 cm³/mol. The van der Waals surface area contributed by atoms with Gasteiger partial charge >= 0.3 is 0 Å². The van der Waals surface area contributed by atoms with Crippen LogP contribution in [0, 0.1) is 17.6 Å². The van der Waals surface area contributed by atoms with Crippen LogP contribution in [0.25, 0.3) is 0 Å². The molecule has 0 amide bonds. The first-order valence-corrected chi connectivity index (χ1v) is 7.40. The topological polar surface area (TPSA) is 29.3 Å². The van der Waals surface area contributed by atoms with Crippen molar-refractivity contribution in [2.24, 2.45) is 11.7 Å². The summed E-state index contributed by atoms with van der Waals surface area (Å²) in [4.78, 5) is 2.24. The quantitative estimate of drug-likeness (QED) is 0.916. The zero-order valence-electron chi connectivity index (χ0n) is 12.3. The Hall–Kier alpha value is -1.00. The van der Waals surface area contributed by atoms with Gasteiger partial charge in [-0.1, -0.05) is 25.8 Å². The average Bonchev–Trinajstić information content (AvgIpc) is 2.43. The molecule has 0 aromatic heterocycles. The highest BCUT2D eigenvalue weighted by Gasteiger charge is 2.27. The lowest BCUT2D eigenvalue weighted by Gasteiger charge is -2.39. The fraction of sp³-hybridized carbons (Fsp3) is 0.625. The summed E-state index contributed by atoms with van der Waals surface area (Å²) >= 11 is 0. The molecule has 1 aliphatic carbocycles. The van der Waals surface area contributed by atoms with Crippen molar-refractivity contribution in [2.75, 3.05) is 13.6 Å². The molecule has 1 fully saturated rings. The Morgan fingerprint density at radius 3 is 2.65 bits per heavy atom. The van der Waals surface area contributed by atoms with Gasteiger partial charge in [0.05, 0.1) is 0 Å². The van der Waals surface area contributed by atoms with Crippen LogP contribution in [0.2, 0.25) is 0 Å². The molecule has 0 heterocycles. The predicted octanol–water partition coefficient (Wildman–Crippen LogP) is 3.48. The molecule has 20 heavy (non-hydrogen) atoms. The molecule has 0 bridgehead atoms. The van der Waals surface area contributed by atoms with Gasteiger partial charge in [0, 0.05) is 18.6 Å². The third-order valence-corrected chi connectivity index (χ3v) is 4.53. The smallest absolute Gasteiger partial charge is 0.159 e. The van der Waals surface area contributed by atoms with E-state index in [4.69, 9.17) is 5.73 Å². The first-order valence-electron chi connectivity index (χ1n) is 7.40. The second-order valence-corrected chi connectivity index (χ2v) is 6.02. The van der Waals surface area contributed by atoms with Crippen LogP contribution in [0.15, 0.2) is 18.2 Å². The fourth-order valence-electron chi connectivity index (χ4n) is 3.28. The molecule has 1 aromatic carbocycles. The second kappa shape index (κ2) is 6.64. The standard InChI is InChI=1S/C16H24F2N2/c1-11-4-3-5-13(8-11)20(2)16(10-19)12-6-7-14(17)15(18)9-12/h6-7,9,11,13,16H,3-5,8,10,19H2,1-2H3. The molecule has 1 aliphatic rings. The average molecular weight is 282 g/mol. The molecule has 2 rings (SSSR count). The van der Waals surface area contributed by atoms with Crippen molar-refractivity contribution in [1.29, 1.82) is 0 Å². The Kier molecular flexibility index (Phi) is 5.11. The number of halogens is 2. The molecule has 0 aliphatic heterocycles. The Morgan fingerprint density at radius 1 is 1.30 bits per heavy atom. The van der Waals surface area contributed by atoms with E-state index in [2.05, 4.69) is 11.8 Å². The molecule has 0 saturated heterocycles. The third-order valence-electron chi connectivity index (χ3n) is 4.53. The van der Waals surface area contributed by atoms with Crippen LogP contribution < -0.4 is 5.73 Å². The van der Waals surface area contributed by atoms with Crippen molar-refractivity contribution in [2.45, 2.75) is 44.7 Å². The summed E-state index contributed by atoms with van der Waals surface area (Å²) in [6, 6.07) is 4.51. The van der Waals surface area contributed by atoms with Gasteiger partial charge < -0.3 is 5.73 Å². The van der Waals surface area contributed by atoms with E-state index in [1.54, 1.807) is 6.07 Å². The van der Waals surface area contributed by atoms with Crippen LogP contribution in [0.3, 0.4) is 0 Å². The Balaban J connectivity index is 2.15. The molecule has 3 unspecified atom stereocenters. The van der Waals surface area contributed by atoms with E-state index in [0.29, 0.717) is 12.6 Å². The first kappa shape index (κ1) is 15.4. The molecular formula is C16H24F2N2. The monoisotopic (exact) mass is 282 g/mol. The normalized spacial score (nSPS) is 24.9. The van der Waals surface area contributed by atoms with Crippen molar-refractivity contribution in [3.63, 3.8) is 0 Å². The molecule has 1 aromatic rings. The molecular weight excluding hydrogens is 258 g/mol. The number of hydrogen-bond donors (Lipinski definition) is 1. The number of nitrogens with two attached hydrogens (primary N) is 1. The molecule has 1 saturated carbocycles. The Labute approximate surface area is 120 Å². The maximum atomic E-state index is 13.4. The molecule has 2 N–H and O–H groups in total. The molecule has 112 valence electrons. The first-order chi connectivity index (χ1) is 9.52. The number of rotatable bonds is 4. The van der Waals surface area contributed by atoms with Crippen molar-refractivity contribution in [1.82, 2.24) is 4.90 Å². The zero-order chi connectivity index (χ0) is 14.7. The van der Waals surface area contributed by atoms with E-state index in [1.807, 2.05) is 7.05 Å². The summed E-state index contributed by atoms with van der Waals surface area (Å²) in [5, 5.41) is 0. The lowest BCUT2D eigenvalue weighted by Crippen LogP contribution is -2.41. The van der Waals surface area contributed by atoms with Crippen LogP contribution in [0.4, 0.5) is 8.78 Å². The van der Waals surface area contributed by atoms with Crippen molar-refractivity contribution < 1.29 is 8.78 Å². The van der Waals surface area contributed by atoms with Crippen LogP contribution >= 0.6 is 0 Å². The Morgan fingerprint density at radius 2 is 2.05 bits per heavy atom. The van der Waals surface area contributed by atoms with Crippen molar-refractivity contribution in [3.05, 3.63) is 35.4 Å². The summed E-state index contributed by atoms with van der Waals surface area (Å²) in [7, 11) is 2.04. The van der Waals surface area contributed by atoms with Gasteiger partial charge in [0.1, 0.15) is 0 Å². The van der Waals surface area contributed by atoms with Crippen LogP contribution in [0.5, 0.6) is 0 Å². The van der Waals surface area contributed by atoms with Gasteiger partial charge in [-0.3, -0.25) is 4.90 Å². The van der Waals surface area contributed by atoms with E-state index in [-0.39, 0.29) is 6.04 Å². The van der Waals surface area contributed by atoms with Gasteiger partial charge in [0.15, 0.2) is 11.6 Å². The lowest BCUT2D eigenvalue weighted by atomic mass is 9.85.